The highest BCUT2D eigenvalue weighted by molar-refractivity contribution is 5.84. The molecule has 0 atom stereocenters. The molecule has 1 aliphatic carbocycles. The predicted octanol–water partition coefficient (Wildman–Crippen LogP) is 1.06. The average molecular weight is 397 g/mol. The Morgan fingerprint density at radius 1 is 1.31 bits per heavy atom. The third-order valence-electron chi connectivity index (χ3n) is 5.38. The van der Waals surface area contributed by atoms with Crippen molar-refractivity contribution in [3.8, 4) is 11.1 Å². The molecule has 0 bridgehead atoms. The number of nitrogen functional groups attached to an aromatic ring is 1. The van der Waals surface area contributed by atoms with Crippen molar-refractivity contribution in [2.75, 3.05) is 12.3 Å². The van der Waals surface area contributed by atoms with Crippen LogP contribution in [0.1, 0.15) is 37.4 Å². The number of anilines is 1. The molecule has 1 fully saturated rings. The van der Waals surface area contributed by atoms with E-state index >= 15 is 0 Å². The second kappa shape index (κ2) is 7.63. The molecule has 10 heteroatoms. The first-order chi connectivity index (χ1) is 13.9. The largest absolute Gasteiger partial charge is 0.368 e. The Morgan fingerprint density at radius 3 is 2.72 bits per heavy atom. The van der Waals surface area contributed by atoms with Crippen LogP contribution in [-0.2, 0) is 9.53 Å². The molecule has 10 nitrogen and oxygen atoms in total. The maximum Gasteiger partial charge on any atom is 0.260 e. The normalized spacial score (nSPS) is 19.5. The molecule has 1 saturated carbocycles. The van der Waals surface area contributed by atoms with Crippen LogP contribution in [0.2, 0.25) is 0 Å². The Hall–Kier alpha value is -3.27. The van der Waals surface area contributed by atoms with Crippen LogP contribution in [-0.4, -0.2) is 43.4 Å². The minimum absolute atomic E-state index is 0.0424. The molecule has 4 rings (SSSR count). The predicted molar refractivity (Wildman–Crippen MR) is 107 cm³/mol. The van der Waals surface area contributed by atoms with Crippen molar-refractivity contribution in [2.45, 2.75) is 44.8 Å². The van der Waals surface area contributed by atoms with E-state index in [1.54, 1.807) is 23.0 Å². The Morgan fingerprint density at radius 2 is 2.07 bits per heavy atom. The van der Waals surface area contributed by atoms with E-state index in [0.29, 0.717) is 22.5 Å². The molecule has 3 aromatic heterocycles. The van der Waals surface area contributed by atoms with Gasteiger partial charge in [0, 0.05) is 23.2 Å². The number of amides is 1. The molecule has 3 heterocycles. The van der Waals surface area contributed by atoms with Crippen molar-refractivity contribution in [1.82, 2.24) is 24.7 Å². The number of ether oxygens (including phenoxy) is 1. The summed E-state index contributed by atoms with van der Waals surface area (Å²) in [5.41, 5.74) is 13.4. The average Bonchev–Trinajstić information content (AvgIpc) is 3.21. The first kappa shape index (κ1) is 19.1. The lowest BCUT2D eigenvalue weighted by Gasteiger charge is -2.30. The van der Waals surface area contributed by atoms with Gasteiger partial charge in [-0.15, -0.1) is 0 Å². The van der Waals surface area contributed by atoms with Crippen LogP contribution in [0.25, 0.3) is 22.2 Å². The smallest absolute Gasteiger partial charge is 0.260 e. The van der Waals surface area contributed by atoms with Gasteiger partial charge in [0.15, 0.2) is 0 Å². The fourth-order valence-corrected chi connectivity index (χ4v) is 3.99. The topological polar surface area (TPSA) is 155 Å². The van der Waals surface area contributed by atoms with Crippen LogP contribution in [0, 0.1) is 6.92 Å². The number of pyridine rings is 1. The van der Waals surface area contributed by atoms with Gasteiger partial charge in [-0.3, -0.25) is 19.3 Å². The van der Waals surface area contributed by atoms with E-state index in [9.17, 15) is 9.59 Å². The van der Waals surface area contributed by atoms with Gasteiger partial charge >= 0.3 is 0 Å². The van der Waals surface area contributed by atoms with Crippen molar-refractivity contribution in [3.63, 3.8) is 0 Å². The van der Waals surface area contributed by atoms with Crippen molar-refractivity contribution in [3.05, 3.63) is 34.5 Å². The number of nitrogens with two attached hydrogens (primary N) is 2. The van der Waals surface area contributed by atoms with Crippen LogP contribution >= 0.6 is 0 Å². The summed E-state index contributed by atoms with van der Waals surface area (Å²) in [6, 6.07) is 1.74. The SMILES string of the molecule is Cc1nc(N)nc2c1cc(-c1cn[nH]c1)c(=O)n2[C@H]1CC[C@@H](OCC(N)=O)CC1. The number of carbonyl (C=O) groups is 1. The van der Waals surface area contributed by atoms with Crippen LogP contribution in [0.4, 0.5) is 5.95 Å². The van der Waals surface area contributed by atoms with Gasteiger partial charge < -0.3 is 16.2 Å². The molecular formula is C19H23N7O3. The fourth-order valence-electron chi connectivity index (χ4n) is 3.99. The standard InChI is InChI=1S/C19H23N7O3/c1-10-14-6-15(11-7-22-23-8-11)18(28)26(17(14)25-19(21)24-10)12-2-4-13(5-3-12)29-9-16(20)27/h6-8,12-13H,2-5,9H2,1H3,(H2,20,27)(H,22,23)(H2,21,24,25)/t12-,13+. The molecular weight excluding hydrogens is 374 g/mol. The minimum atomic E-state index is -0.482. The van der Waals surface area contributed by atoms with Gasteiger partial charge in [0.2, 0.25) is 11.9 Å². The van der Waals surface area contributed by atoms with E-state index in [1.807, 2.05) is 6.92 Å². The Bertz CT molecular complexity index is 1100. The van der Waals surface area contributed by atoms with E-state index in [1.165, 1.54) is 0 Å². The molecule has 1 aliphatic rings. The van der Waals surface area contributed by atoms with Gasteiger partial charge in [-0.25, -0.2) is 4.98 Å². The van der Waals surface area contributed by atoms with Crippen LogP contribution in [0.15, 0.2) is 23.3 Å². The van der Waals surface area contributed by atoms with E-state index in [4.69, 9.17) is 16.2 Å². The number of hydrogen-bond acceptors (Lipinski definition) is 7. The molecule has 0 spiro atoms. The van der Waals surface area contributed by atoms with Crippen molar-refractivity contribution >= 4 is 22.9 Å². The van der Waals surface area contributed by atoms with Crippen molar-refractivity contribution in [1.29, 1.82) is 0 Å². The van der Waals surface area contributed by atoms with E-state index in [2.05, 4.69) is 20.2 Å². The Balaban J connectivity index is 1.76. The molecule has 3 aromatic rings. The number of nitrogens with one attached hydrogen (secondary N) is 1. The second-order valence-electron chi connectivity index (χ2n) is 7.33. The van der Waals surface area contributed by atoms with Gasteiger partial charge in [-0.05, 0) is 38.7 Å². The molecule has 152 valence electrons. The number of H-pyrrole nitrogens is 1. The lowest BCUT2D eigenvalue weighted by Crippen LogP contribution is -2.33. The van der Waals surface area contributed by atoms with Gasteiger partial charge in [0.05, 0.1) is 23.6 Å². The quantitative estimate of drug-likeness (QED) is 0.581. The molecule has 0 saturated heterocycles. The minimum Gasteiger partial charge on any atom is -0.368 e. The molecule has 1 amide bonds. The second-order valence-corrected chi connectivity index (χ2v) is 7.33. The van der Waals surface area contributed by atoms with E-state index < -0.39 is 5.91 Å². The highest BCUT2D eigenvalue weighted by atomic mass is 16.5. The molecule has 0 radical (unpaired) electrons. The van der Waals surface area contributed by atoms with Crippen LogP contribution in [0.5, 0.6) is 0 Å². The number of rotatable bonds is 5. The number of hydrogen-bond donors (Lipinski definition) is 3. The number of aryl methyl sites for hydroxylation is 1. The Labute approximate surface area is 166 Å². The third-order valence-corrected chi connectivity index (χ3v) is 5.38. The van der Waals surface area contributed by atoms with E-state index in [-0.39, 0.29) is 30.3 Å². The van der Waals surface area contributed by atoms with Crippen molar-refractivity contribution < 1.29 is 9.53 Å². The summed E-state index contributed by atoms with van der Waals surface area (Å²) in [7, 11) is 0. The summed E-state index contributed by atoms with van der Waals surface area (Å²) in [5, 5.41) is 7.50. The number of aromatic nitrogens is 5. The molecule has 0 aliphatic heterocycles. The highest BCUT2D eigenvalue weighted by Gasteiger charge is 2.27. The van der Waals surface area contributed by atoms with E-state index in [0.717, 1.165) is 31.1 Å². The van der Waals surface area contributed by atoms with Gasteiger partial charge in [-0.1, -0.05) is 0 Å². The molecule has 29 heavy (non-hydrogen) atoms. The summed E-state index contributed by atoms with van der Waals surface area (Å²) in [6.07, 6.45) is 6.15. The third kappa shape index (κ3) is 3.70. The zero-order valence-electron chi connectivity index (χ0n) is 16.1. The van der Waals surface area contributed by atoms with Gasteiger partial charge in [-0.2, -0.15) is 10.1 Å². The summed E-state index contributed by atoms with van der Waals surface area (Å²) in [6.45, 7) is 1.76. The van der Waals surface area contributed by atoms with Gasteiger partial charge in [0.1, 0.15) is 12.3 Å². The first-order valence-corrected chi connectivity index (χ1v) is 9.52. The number of carbonyl (C=O) groups excluding carboxylic acids is 1. The monoisotopic (exact) mass is 397 g/mol. The summed E-state index contributed by atoms with van der Waals surface area (Å²) in [4.78, 5) is 33.0. The fraction of sp³-hybridized carbons (Fsp3) is 0.421. The number of nitrogens with zero attached hydrogens (tertiary/aromatic N) is 4. The van der Waals surface area contributed by atoms with Crippen LogP contribution in [0.3, 0.4) is 0 Å². The first-order valence-electron chi connectivity index (χ1n) is 9.52. The number of primary amides is 1. The van der Waals surface area contributed by atoms with Crippen molar-refractivity contribution in [2.24, 2.45) is 5.73 Å². The highest BCUT2D eigenvalue weighted by Crippen LogP contribution is 2.32. The lowest BCUT2D eigenvalue weighted by atomic mass is 9.92. The number of aromatic amines is 1. The zero-order valence-corrected chi connectivity index (χ0v) is 16.1. The van der Waals surface area contributed by atoms with Crippen LogP contribution < -0.4 is 17.0 Å². The zero-order chi connectivity index (χ0) is 20.5. The number of fused-ring (bicyclic) bond motifs is 1. The summed E-state index contributed by atoms with van der Waals surface area (Å²) >= 11 is 0. The van der Waals surface area contributed by atoms with Gasteiger partial charge in [0.25, 0.3) is 5.56 Å². The molecule has 0 aromatic carbocycles. The Kier molecular flexibility index (Phi) is 5.01. The maximum absolute atomic E-state index is 13.4. The molecule has 0 unspecified atom stereocenters. The maximum atomic E-state index is 13.4. The lowest BCUT2D eigenvalue weighted by molar-refractivity contribution is -0.125. The molecule has 5 N–H and O–H groups in total. The summed E-state index contributed by atoms with van der Waals surface area (Å²) in [5.74, 6) is -0.345. The summed E-state index contributed by atoms with van der Waals surface area (Å²) < 4.78 is 7.28.